The number of nitrogens with zero attached hydrogens (tertiary/aromatic N) is 1. The number of amides is 2. The number of carbonyl (C=O) groups excluding carboxylic acids is 1. The van der Waals surface area contributed by atoms with Crippen LogP contribution >= 0.6 is 0 Å². The highest BCUT2D eigenvalue weighted by atomic mass is 16.2. The molecule has 148 valence electrons. The van der Waals surface area contributed by atoms with E-state index in [-0.39, 0.29) is 12.1 Å². The highest BCUT2D eigenvalue weighted by Crippen LogP contribution is 2.17. The molecule has 3 aromatic carbocycles. The van der Waals surface area contributed by atoms with Crippen LogP contribution in [0.2, 0.25) is 0 Å². The molecule has 1 heterocycles. The van der Waals surface area contributed by atoms with Crippen LogP contribution in [-0.4, -0.2) is 30.1 Å². The molecule has 4 rings (SSSR count). The molecule has 0 radical (unpaired) electrons. The van der Waals surface area contributed by atoms with E-state index in [1.807, 2.05) is 17.0 Å². The van der Waals surface area contributed by atoms with Crippen molar-refractivity contribution in [1.29, 1.82) is 0 Å². The van der Waals surface area contributed by atoms with Crippen molar-refractivity contribution in [2.45, 2.75) is 25.6 Å². The first kappa shape index (κ1) is 19.2. The lowest BCUT2D eigenvalue weighted by molar-refractivity contribution is 0.195. The lowest BCUT2D eigenvalue weighted by Crippen LogP contribution is -2.49. The van der Waals surface area contributed by atoms with Crippen LogP contribution in [0.25, 0.3) is 10.8 Å². The van der Waals surface area contributed by atoms with Crippen LogP contribution in [0.4, 0.5) is 4.79 Å². The largest absolute Gasteiger partial charge is 0.334 e. The van der Waals surface area contributed by atoms with E-state index in [2.05, 4.69) is 71.8 Å². The second-order valence-electron chi connectivity index (χ2n) is 7.58. The summed E-state index contributed by atoms with van der Waals surface area (Å²) in [6.07, 6.45) is 2.72. The Hall–Kier alpha value is -3.11. The van der Waals surface area contributed by atoms with Gasteiger partial charge in [0.15, 0.2) is 0 Å². The molecule has 2 amide bonds. The van der Waals surface area contributed by atoms with Gasteiger partial charge in [0.2, 0.25) is 0 Å². The van der Waals surface area contributed by atoms with Gasteiger partial charge in [0.05, 0.1) is 0 Å². The topological polar surface area (TPSA) is 44.4 Å². The highest BCUT2D eigenvalue weighted by molar-refractivity contribution is 5.83. The Balaban J connectivity index is 1.37. The van der Waals surface area contributed by atoms with E-state index in [0.29, 0.717) is 19.6 Å². The Morgan fingerprint density at radius 1 is 1.07 bits per heavy atom. The van der Waals surface area contributed by atoms with Crippen molar-refractivity contribution in [2.75, 3.05) is 13.1 Å². The normalized spacial score (nSPS) is 15.5. The molecule has 0 spiro atoms. The SMILES string of the molecule is C=CCN(C[C@@H]1Cc2ccccc2CN1)C(=O)NCc1ccc2ccccc2c1. The Morgan fingerprint density at radius 2 is 1.83 bits per heavy atom. The van der Waals surface area contributed by atoms with E-state index in [9.17, 15) is 4.79 Å². The van der Waals surface area contributed by atoms with E-state index >= 15 is 0 Å². The molecule has 2 N–H and O–H groups in total. The van der Waals surface area contributed by atoms with E-state index < -0.39 is 0 Å². The summed E-state index contributed by atoms with van der Waals surface area (Å²) in [4.78, 5) is 14.7. The Morgan fingerprint density at radius 3 is 2.66 bits per heavy atom. The average Bonchev–Trinajstić information content (AvgIpc) is 2.77. The quantitative estimate of drug-likeness (QED) is 0.623. The lowest BCUT2D eigenvalue weighted by atomic mass is 9.95. The van der Waals surface area contributed by atoms with Crippen LogP contribution in [0.3, 0.4) is 0 Å². The maximum absolute atomic E-state index is 12.8. The smallest absolute Gasteiger partial charge is 0.318 e. The van der Waals surface area contributed by atoms with E-state index in [4.69, 9.17) is 0 Å². The summed E-state index contributed by atoms with van der Waals surface area (Å²) in [7, 11) is 0. The molecule has 29 heavy (non-hydrogen) atoms. The van der Waals surface area contributed by atoms with Gasteiger partial charge in [-0.3, -0.25) is 0 Å². The molecule has 1 aliphatic heterocycles. The molecule has 1 atom stereocenters. The van der Waals surface area contributed by atoms with Crippen LogP contribution < -0.4 is 10.6 Å². The van der Waals surface area contributed by atoms with Gasteiger partial charge in [-0.1, -0.05) is 66.7 Å². The molecule has 0 aliphatic carbocycles. The maximum Gasteiger partial charge on any atom is 0.318 e. The summed E-state index contributed by atoms with van der Waals surface area (Å²) in [5, 5.41) is 9.02. The molecule has 0 saturated heterocycles. The zero-order valence-electron chi connectivity index (χ0n) is 16.6. The molecular weight excluding hydrogens is 358 g/mol. The van der Waals surface area contributed by atoms with E-state index in [1.165, 1.54) is 21.9 Å². The Labute approximate surface area is 172 Å². The third kappa shape index (κ3) is 4.66. The van der Waals surface area contributed by atoms with Gasteiger partial charge in [0, 0.05) is 32.2 Å². The first-order valence-corrected chi connectivity index (χ1v) is 10.1. The van der Waals surface area contributed by atoms with Gasteiger partial charge in [-0.2, -0.15) is 0 Å². The van der Waals surface area contributed by atoms with Crippen molar-refractivity contribution < 1.29 is 4.79 Å². The molecule has 4 heteroatoms. The van der Waals surface area contributed by atoms with Crippen molar-refractivity contribution in [3.8, 4) is 0 Å². The van der Waals surface area contributed by atoms with Crippen LogP contribution in [0, 0.1) is 0 Å². The van der Waals surface area contributed by atoms with Gasteiger partial charge in [-0.05, 0) is 39.9 Å². The molecule has 4 nitrogen and oxygen atoms in total. The van der Waals surface area contributed by atoms with Gasteiger partial charge < -0.3 is 15.5 Å². The standard InChI is InChI=1S/C25H27N3O/c1-2-13-28(18-24-15-22-9-5-6-10-23(22)17-26-24)25(29)27-16-19-11-12-20-7-3-4-8-21(20)14-19/h2-12,14,24,26H,1,13,15-18H2,(H,27,29)/t24-/m0/s1. The van der Waals surface area contributed by atoms with Gasteiger partial charge in [0.1, 0.15) is 0 Å². The minimum absolute atomic E-state index is 0.0567. The zero-order valence-corrected chi connectivity index (χ0v) is 16.6. The Kier molecular flexibility index (Phi) is 5.92. The predicted octanol–water partition coefficient (Wildman–Crippen LogP) is 4.25. The molecule has 1 aliphatic rings. The number of carbonyl (C=O) groups is 1. The fourth-order valence-corrected chi connectivity index (χ4v) is 3.95. The number of benzene rings is 3. The van der Waals surface area contributed by atoms with E-state index in [1.54, 1.807) is 6.08 Å². The first-order chi connectivity index (χ1) is 14.2. The summed E-state index contributed by atoms with van der Waals surface area (Å²) in [5.41, 5.74) is 3.81. The summed E-state index contributed by atoms with van der Waals surface area (Å²) in [6.45, 7) is 6.37. The van der Waals surface area contributed by atoms with Crippen LogP contribution in [-0.2, 0) is 19.5 Å². The lowest BCUT2D eigenvalue weighted by Gasteiger charge is -2.31. The fourth-order valence-electron chi connectivity index (χ4n) is 3.95. The third-order valence-corrected chi connectivity index (χ3v) is 5.50. The maximum atomic E-state index is 12.8. The van der Waals surface area contributed by atoms with Crippen molar-refractivity contribution >= 4 is 16.8 Å². The van der Waals surface area contributed by atoms with Crippen molar-refractivity contribution in [3.63, 3.8) is 0 Å². The first-order valence-electron chi connectivity index (χ1n) is 10.1. The van der Waals surface area contributed by atoms with Gasteiger partial charge >= 0.3 is 6.03 Å². The number of fused-ring (bicyclic) bond motifs is 2. The summed E-state index contributed by atoms with van der Waals surface area (Å²) in [5.74, 6) is 0. The minimum Gasteiger partial charge on any atom is -0.334 e. The number of hydrogen-bond acceptors (Lipinski definition) is 2. The van der Waals surface area contributed by atoms with Crippen LogP contribution in [0.5, 0.6) is 0 Å². The fraction of sp³-hybridized carbons (Fsp3) is 0.240. The van der Waals surface area contributed by atoms with Crippen molar-refractivity contribution in [2.24, 2.45) is 0 Å². The van der Waals surface area contributed by atoms with Crippen LogP contribution in [0.15, 0.2) is 79.4 Å². The summed E-state index contributed by atoms with van der Waals surface area (Å²) in [6, 6.07) is 23.3. The monoisotopic (exact) mass is 385 g/mol. The number of hydrogen-bond donors (Lipinski definition) is 2. The molecule has 0 fully saturated rings. The predicted molar refractivity (Wildman–Crippen MR) is 119 cm³/mol. The van der Waals surface area contributed by atoms with E-state index in [0.717, 1.165) is 18.5 Å². The third-order valence-electron chi connectivity index (χ3n) is 5.50. The average molecular weight is 386 g/mol. The number of nitrogens with one attached hydrogen (secondary N) is 2. The van der Waals surface area contributed by atoms with Gasteiger partial charge in [-0.15, -0.1) is 6.58 Å². The molecule has 0 unspecified atom stereocenters. The van der Waals surface area contributed by atoms with Crippen molar-refractivity contribution in [1.82, 2.24) is 15.5 Å². The number of rotatable bonds is 6. The second-order valence-corrected chi connectivity index (χ2v) is 7.58. The van der Waals surface area contributed by atoms with Gasteiger partial charge in [0.25, 0.3) is 0 Å². The molecule has 3 aromatic rings. The van der Waals surface area contributed by atoms with Crippen LogP contribution in [0.1, 0.15) is 16.7 Å². The Bertz CT molecular complexity index is 1010. The van der Waals surface area contributed by atoms with Crippen molar-refractivity contribution in [3.05, 3.63) is 96.1 Å². The summed E-state index contributed by atoms with van der Waals surface area (Å²) >= 11 is 0. The second kappa shape index (κ2) is 8.93. The number of urea groups is 1. The van der Waals surface area contributed by atoms with Gasteiger partial charge in [-0.25, -0.2) is 4.79 Å². The zero-order chi connectivity index (χ0) is 20.1. The molecular formula is C25H27N3O. The summed E-state index contributed by atoms with van der Waals surface area (Å²) < 4.78 is 0. The minimum atomic E-state index is -0.0567. The molecule has 0 saturated carbocycles. The molecule has 0 bridgehead atoms. The highest BCUT2D eigenvalue weighted by Gasteiger charge is 2.22. The molecule has 0 aromatic heterocycles.